The van der Waals surface area contributed by atoms with Gasteiger partial charge in [0.15, 0.2) is 0 Å². The van der Waals surface area contributed by atoms with E-state index < -0.39 is 21.7 Å². The van der Waals surface area contributed by atoms with Crippen LogP contribution in [0.3, 0.4) is 0 Å². The standard InChI is InChI=1S/C3H6NO.C3H5O2.In/c1-2-3(4)5;1-2-5-3-4;/h1-2H2,(H2,4,5);2H2,1H3;/q;;+1/p-1. The first-order valence-electron chi connectivity index (χ1n) is 3.70. The molecule has 1 aliphatic rings. The second-order valence-corrected chi connectivity index (χ2v) is 9.38. The molecular weight excluding hydrogens is 249 g/mol. The van der Waals surface area contributed by atoms with Gasteiger partial charge in [0.25, 0.3) is 0 Å². The van der Waals surface area contributed by atoms with Crippen LogP contribution >= 0.6 is 0 Å². The van der Waals surface area contributed by atoms with E-state index in [9.17, 15) is 9.59 Å². The van der Waals surface area contributed by atoms with E-state index >= 15 is 0 Å². The van der Waals surface area contributed by atoms with E-state index in [1.54, 1.807) is 6.92 Å². The Kier molecular flexibility index (Phi) is 3.23. The fraction of sp³-hybridized carbons (Fsp3) is 0.667. The fourth-order valence-corrected chi connectivity index (χ4v) is 6.60. The second-order valence-electron chi connectivity index (χ2n) is 2.41. The topological polar surface area (TPSA) is 55.4 Å². The van der Waals surface area contributed by atoms with Crippen molar-refractivity contribution < 1.29 is 14.3 Å². The van der Waals surface area contributed by atoms with Crippen molar-refractivity contribution in [2.45, 2.75) is 17.5 Å². The first-order valence-corrected chi connectivity index (χ1v) is 9.32. The van der Waals surface area contributed by atoms with E-state index in [2.05, 4.69) is 3.30 Å². The molecule has 60 valence electrons. The molecule has 0 spiro atoms. The molecule has 1 aliphatic heterocycles. The first-order chi connectivity index (χ1) is 5.24. The molecule has 0 radical (unpaired) electrons. The number of hydrogen-bond acceptors (Lipinski definition) is 3. The molecule has 1 amide bonds. The zero-order valence-electron chi connectivity index (χ0n) is 6.42. The third kappa shape index (κ3) is 2.39. The van der Waals surface area contributed by atoms with Gasteiger partial charge in [0.2, 0.25) is 0 Å². The van der Waals surface area contributed by atoms with Crippen molar-refractivity contribution in [2.75, 3.05) is 6.61 Å². The SMILES string of the molecule is CCO[C](=O)[In]1[CH2]CC(=O)[NH]1. The first kappa shape index (κ1) is 8.90. The van der Waals surface area contributed by atoms with Crippen LogP contribution in [0.25, 0.3) is 0 Å². The Balaban J connectivity index is 2.37. The molecule has 4 nitrogen and oxygen atoms in total. The number of ether oxygens (including phenoxy) is 1. The molecule has 1 heterocycles. The molecule has 0 unspecified atom stereocenters. The number of carbonyl (C=O) groups is 2. The third-order valence-corrected chi connectivity index (χ3v) is 8.05. The van der Waals surface area contributed by atoms with E-state index in [1.165, 1.54) is 0 Å². The Labute approximate surface area is 73.2 Å². The second kappa shape index (κ2) is 3.99. The van der Waals surface area contributed by atoms with E-state index in [0.29, 0.717) is 13.0 Å². The summed E-state index contributed by atoms with van der Waals surface area (Å²) in [6, 6.07) is 0. The van der Waals surface area contributed by atoms with E-state index in [4.69, 9.17) is 4.74 Å². The van der Waals surface area contributed by atoms with Crippen molar-refractivity contribution in [1.82, 2.24) is 3.30 Å². The Morgan fingerprint density at radius 3 is 3.00 bits per heavy atom. The van der Waals surface area contributed by atoms with Crippen LogP contribution in [0.1, 0.15) is 13.3 Å². The number of nitrogens with one attached hydrogen (secondary N) is 1. The van der Waals surface area contributed by atoms with Crippen LogP contribution < -0.4 is 3.30 Å². The molecule has 1 rings (SSSR count). The monoisotopic (exact) mass is 259 g/mol. The Morgan fingerprint density at radius 2 is 2.55 bits per heavy atom. The van der Waals surface area contributed by atoms with Crippen molar-refractivity contribution in [3.05, 3.63) is 0 Å². The Bertz CT molecular complexity index is 183. The van der Waals surface area contributed by atoms with Crippen LogP contribution in [0.2, 0.25) is 4.18 Å². The Morgan fingerprint density at radius 1 is 1.82 bits per heavy atom. The number of amides is 1. The van der Waals surface area contributed by atoms with Gasteiger partial charge in [0.1, 0.15) is 0 Å². The van der Waals surface area contributed by atoms with Gasteiger partial charge in [-0.25, -0.2) is 0 Å². The molecule has 0 aromatic carbocycles. The average Bonchev–Trinajstić information content (AvgIpc) is 2.36. The quantitative estimate of drug-likeness (QED) is 0.772. The summed E-state index contributed by atoms with van der Waals surface area (Å²) < 4.78 is 8.21. The van der Waals surface area contributed by atoms with Crippen LogP contribution in [0, 0.1) is 0 Å². The summed E-state index contributed by atoms with van der Waals surface area (Å²) >= 11 is -2.38. The van der Waals surface area contributed by atoms with Gasteiger partial charge in [0, 0.05) is 0 Å². The maximum absolute atomic E-state index is 11.0. The van der Waals surface area contributed by atoms with Gasteiger partial charge in [-0.3, -0.25) is 0 Å². The molecule has 0 aromatic heterocycles. The van der Waals surface area contributed by atoms with Crippen molar-refractivity contribution in [3.63, 3.8) is 0 Å². The molecule has 0 saturated carbocycles. The minimum atomic E-state index is -2.38. The molecule has 11 heavy (non-hydrogen) atoms. The zero-order chi connectivity index (χ0) is 8.27. The predicted octanol–water partition coefficient (Wildman–Crippen LogP) is 0.236. The van der Waals surface area contributed by atoms with Crippen LogP contribution in [0.4, 0.5) is 4.79 Å². The van der Waals surface area contributed by atoms with Gasteiger partial charge >= 0.3 is 73.1 Å². The molecule has 0 atom stereocenters. The summed E-state index contributed by atoms with van der Waals surface area (Å²) in [5, 5.41) is 0. The van der Waals surface area contributed by atoms with E-state index in [1.807, 2.05) is 0 Å². The average molecular weight is 259 g/mol. The molecule has 1 N–H and O–H groups in total. The summed E-state index contributed by atoms with van der Waals surface area (Å²) in [5.41, 5.74) is 0. The maximum atomic E-state index is 11.0. The van der Waals surface area contributed by atoms with Crippen LogP contribution in [0.15, 0.2) is 0 Å². The van der Waals surface area contributed by atoms with Crippen LogP contribution in [-0.2, 0) is 9.53 Å². The van der Waals surface area contributed by atoms with E-state index in [0.717, 1.165) is 4.18 Å². The van der Waals surface area contributed by atoms with Gasteiger partial charge in [0.05, 0.1) is 0 Å². The van der Waals surface area contributed by atoms with E-state index in [-0.39, 0.29) is 9.63 Å². The van der Waals surface area contributed by atoms with Gasteiger partial charge in [-0.2, -0.15) is 0 Å². The minimum absolute atomic E-state index is 0.0267. The summed E-state index contributed by atoms with van der Waals surface area (Å²) in [6.07, 6.45) is 0.527. The molecular formula is C6H10InNO3. The summed E-state index contributed by atoms with van der Waals surface area (Å²) in [5.74, 6) is 0.0267. The number of rotatable bonds is 2. The molecule has 0 aromatic rings. The van der Waals surface area contributed by atoms with Crippen molar-refractivity contribution >= 4 is 31.4 Å². The molecule has 0 bridgehead atoms. The fourth-order valence-electron chi connectivity index (χ4n) is 1.03. The third-order valence-electron chi connectivity index (χ3n) is 1.57. The van der Waals surface area contributed by atoms with Gasteiger partial charge in [-0.15, -0.1) is 0 Å². The predicted molar refractivity (Wildman–Crippen MR) is 40.3 cm³/mol. The zero-order valence-corrected chi connectivity index (χ0v) is 9.72. The van der Waals surface area contributed by atoms with Crippen molar-refractivity contribution in [3.8, 4) is 0 Å². The van der Waals surface area contributed by atoms with Crippen molar-refractivity contribution in [1.29, 1.82) is 0 Å². The molecule has 0 aliphatic carbocycles. The van der Waals surface area contributed by atoms with Crippen molar-refractivity contribution in [2.24, 2.45) is 0 Å². The molecule has 1 fully saturated rings. The molecule has 1 saturated heterocycles. The number of hydrogen-bond donors (Lipinski definition) is 1. The van der Waals surface area contributed by atoms with Gasteiger partial charge in [-0.05, 0) is 0 Å². The summed E-state index contributed by atoms with van der Waals surface area (Å²) in [4.78, 5) is 21.7. The van der Waals surface area contributed by atoms with Gasteiger partial charge in [-0.1, -0.05) is 0 Å². The number of carbonyl (C=O) groups excluding carboxylic acids is 2. The molecule has 5 heteroatoms. The Hall–Kier alpha value is -0.190. The summed E-state index contributed by atoms with van der Waals surface area (Å²) in [7, 11) is 0. The van der Waals surface area contributed by atoms with Crippen LogP contribution in [0.5, 0.6) is 0 Å². The summed E-state index contributed by atoms with van der Waals surface area (Å²) in [6.45, 7) is 2.20. The van der Waals surface area contributed by atoms with Crippen LogP contribution in [-0.4, -0.2) is 38.0 Å². The normalized spacial score (nSPS) is 16.5. The van der Waals surface area contributed by atoms with Gasteiger partial charge < -0.3 is 0 Å².